The highest BCUT2D eigenvalue weighted by molar-refractivity contribution is 5.81. The number of hydrogen-bond acceptors (Lipinski definition) is 3. The van der Waals surface area contributed by atoms with Crippen LogP contribution >= 0.6 is 0 Å². The maximum Gasteiger partial charge on any atom is 0.407 e. The smallest absolute Gasteiger partial charge is 0.407 e. The van der Waals surface area contributed by atoms with E-state index < -0.39 is 18.1 Å². The number of nitrogens with one attached hydrogen (secondary N) is 1. The predicted octanol–water partition coefficient (Wildman–Crippen LogP) is 5.19. The van der Waals surface area contributed by atoms with Crippen molar-refractivity contribution < 1.29 is 19.4 Å². The molecule has 0 saturated heterocycles. The molecule has 1 atom stereocenters. The Bertz CT molecular complexity index is 839. The molecule has 0 radical (unpaired) electrons. The van der Waals surface area contributed by atoms with Gasteiger partial charge >= 0.3 is 12.1 Å². The Morgan fingerprint density at radius 2 is 1.59 bits per heavy atom. The summed E-state index contributed by atoms with van der Waals surface area (Å²) in [5.74, 6) is -1.08. The van der Waals surface area contributed by atoms with Gasteiger partial charge in [-0.25, -0.2) is 9.59 Å². The van der Waals surface area contributed by atoms with Crippen molar-refractivity contribution >= 4 is 12.1 Å². The van der Waals surface area contributed by atoms with Gasteiger partial charge in [-0.05, 0) is 40.5 Å². The van der Waals surface area contributed by atoms with Crippen molar-refractivity contribution in [2.75, 3.05) is 6.61 Å². The Morgan fingerprint density at radius 3 is 2.10 bits per heavy atom. The lowest BCUT2D eigenvalue weighted by molar-refractivity contribution is -0.139. The van der Waals surface area contributed by atoms with E-state index in [4.69, 9.17) is 4.74 Å². The van der Waals surface area contributed by atoms with Crippen molar-refractivity contribution in [2.24, 2.45) is 5.41 Å². The molecular formula is C24H29NO4. The van der Waals surface area contributed by atoms with E-state index in [1.165, 1.54) is 0 Å². The predicted molar refractivity (Wildman–Crippen MR) is 113 cm³/mol. The third-order valence-corrected chi connectivity index (χ3v) is 5.35. The second-order valence-corrected chi connectivity index (χ2v) is 8.81. The number of carboxylic acid groups (broad SMARTS) is 1. The Kier molecular flexibility index (Phi) is 6.26. The first-order valence-electron chi connectivity index (χ1n) is 10.1. The van der Waals surface area contributed by atoms with Gasteiger partial charge in [-0.2, -0.15) is 0 Å². The first-order valence-corrected chi connectivity index (χ1v) is 10.1. The molecule has 2 aromatic rings. The molecular weight excluding hydrogens is 366 g/mol. The standard InChI is InChI=1S/C24H29NO4/c1-24(2,3)14-8-13-21(22(26)27)25-23(28)29-15-20-18-11-6-4-9-16(18)17-10-5-7-12-19(17)20/h4-7,9-12,20-21H,8,13-15H2,1-3H3,(H,25,28)(H,26,27)/t21-/m1/s1. The maximum absolute atomic E-state index is 12.3. The first kappa shape index (κ1) is 20.9. The number of hydrogen-bond donors (Lipinski definition) is 2. The summed E-state index contributed by atoms with van der Waals surface area (Å²) in [5, 5.41) is 11.9. The van der Waals surface area contributed by atoms with E-state index >= 15 is 0 Å². The monoisotopic (exact) mass is 395 g/mol. The number of alkyl carbamates (subject to hydrolysis) is 1. The van der Waals surface area contributed by atoms with E-state index in [9.17, 15) is 14.7 Å². The van der Waals surface area contributed by atoms with Gasteiger partial charge in [0.15, 0.2) is 0 Å². The molecule has 0 aromatic heterocycles. The second-order valence-electron chi connectivity index (χ2n) is 8.81. The number of rotatable bonds is 7. The zero-order valence-electron chi connectivity index (χ0n) is 17.3. The summed E-state index contributed by atoms with van der Waals surface area (Å²) in [6.07, 6.45) is 1.32. The highest BCUT2D eigenvalue weighted by Crippen LogP contribution is 2.44. The van der Waals surface area contributed by atoms with Crippen LogP contribution in [-0.4, -0.2) is 29.8 Å². The van der Waals surface area contributed by atoms with Crippen LogP contribution in [0.25, 0.3) is 11.1 Å². The lowest BCUT2D eigenvalue weighted by atomic mass is 9.89. The highest BCUT2D eigenvalue weighted by atomic mass is 16.5. The van der Waals surface area contributed by atoms with E-state index in [1.807, 2.05) is 36.4 Å². The zero-order chi connectivity index (χ0) is 21.0. The maximum atomic E-state index is 12.3. The van der Waals surface area contributed by atoms with Gasteiger partial charge in [-0.15, -0.1) is 0 Å². The number of carbonyl (C=O) groups excluding carboxylic acids is 1. The average Bonchev–Trinajstić information content (AvgIpc) is 2.98. The van der Waals surface area contributed by atoms with E-state index in [2.05, 4.69) is 38.2 Å². The summed E-state index contributed by atoms with van der Waals surface area (Å²) in [5.41, 5.74) is 4.70. The van der Waals surface area contributed by atoms with Crippen LogP contribution in [0.4, 0.5) is 4.79 Å². The molecule has 2 aromatic carbocycles. The summed E-state index contributed by atoms with van der Waals surface area (Å²) in [7, 11) is 0. The molecule has 1 aliphatic rings. The minimum atomic E-state index is -1.03. The van der Waals surface area contributed by atoms with Crippen LogP contribution < -0.4 is 5.32 Å². The van der Waals surface area contributed by atoms with Gasteiger partial charge in [0.05, 0.1) is 0 Å². The molecule has 29 heavy (non-hydrogen) atoms. The van der Waals surface area contributed by atoms with Crippen LogP contribution in [0.2, 0.25) is 0 Å². The van der Waals surface area contributed by atoms with Crippen LogP contribution in [0.1, 0.15) is 57.1 Å². The Labute approximate surface area is 172 Å². The molecule has 0 spiro atoms. The van der Waals surface area contributed by atoms with Crippen LogP contribution in [0.15, 0.2) is 48.5 Å². The van der Waals surface area contributed by atoms with Crippen molar-refractivity contribution in [3.8, 4) is 11.1 Å². The first-order chi connectivity index (χ1) is 13.8. The SMILES string of the molecule is CC(C)(C)CCC[C@@H](NC(=O)OCC1c2ccccc2-c2ccccc21)C(=O)O. The molecule has 3 rings (SSSR count). The van der Waals surface area contributed by atoms with E-state index in [1.54, 1.807) is 0 Å². The van der Waals surface area contributed by atoms with Gasteiger partial charge in [0.2, 0.25) is 0 Å². The molecule has 0 bridgehead atoms. The summed E-state index contributed by atoms with van der Waals surface area (Å²) in [4.78, 5) is 23.8. The molecule has 0 saturated carbocycles. The quantitative estimate of drug-likeness (QED) is 0.676. The van der Waals surface area contributed by atoms with Gasteiger partial charge < -0.3 is 15.2 Å². The van der Waals surface area contributed by atoms with Crippen molar-refractivity contribution in [1.29, 1.82) is 0 Å². The van der Waals surface area contributed by atoms with Crippen LogP contribution in [-0.2, 0) is 9.53 Å². The van der Waals surface area contributed by atoms with Crippen LogP contribution in [0, 0.1) is 5.41 Å². The fourth-order valence-corrected chi connectivity index (χ4v) is 3.88. The molecule has 5 nitrogen and oxygen atoms in total. The minimum absolute atomic E-state index is 0.0441. The molecule has 1 aliphatic carbocycles. The molecule has 0 unspecified atom stereocenters. The van der Waals surface area contributed by atoms with E-state index in [0.29, 0.717) is 6.42 Å². The van der Waals surface area contributed by atoms with Gasteiger partial charge in [0, 0.05) is 5.92 Å². The van der Waals surface area contributed by atoms with E-state index in [-0.39, 0.29) is 17.9 Å². The van der Waals surface area contributed by atoms with Gasteiger partial charge in [-0.3, -0.25) is 0 Å². The molecule has 0 heterocycles. The normalized spacial score (nSPS) is 14.0. The lowest BCUT2D eigenvalue weighted by Crippen LogP contribution is -2.41. The van der Waals surface area contributed by atoms with Crippen molar-refractivity contribution in [2.45, 2.75) is 52.0 Å². The van der Waals surface area contributed by atoms with Crippen LogP contribution in [0.3, 0.4) is 0 Å². The summed E-state index contributed by atoms with van der Waals surface area (Å²) in [6, 6.07) is 15.3. The van der Waals surface area contributed by atoms with Gasteiger partial charge in [0.25, 0.3) is 0 Å². The van der Waals surface area contributed by atoms with E-state index in [0.717, 1.165) is 35.1 Å². The Morgan fingerprint density at radius 1 is 1.03 bits per heavy atom. The average molecular weight is 395 g/mol. The minimum Gasteiger partial charge on any atom is -0.480 e. The third kappa shape index (κ3) is 5.17. The zero-order valence-corrected chi connectivity index (χ0v) is 17.3. The van der Waals surface area contributed by atoms with Crippen molar-refractivity contribution in [3.63, 3.8) is 0 Å². The number of aliphatic carboxylic acids is 1. The van der Waals surface area contributed by atoms with Gasteiger partial charge in [-0.1, -0.05) is 75.7 Å². The number of fused-ring (bicyclic) bond motifs is 3. The third-order valence-electron chi connectivity index (χ3n) is 5.35. The summed E-state index contributed by atoms with van der Waals surface area (Å²) >= 11 is 0. The van der Waals surface area contributed by atoms with Gasteiger partial charge in [0.1, 0.15) is 12.6 Å². The molecule has 0 fully saturated rings. The largest absolute Gasteiger partial charge is 0.480 e. The fourth-order valence-electron chi connectivity index (χ4n) is 3.88. The second kappa shape index (κ2) is 8.68. The van der Waals surface area contributed by atoms with Crippen LogP contribution in [0.5, 0.6) is 0 Å². The lowest BCUT2D eigenvalue weighted by Gasteiger charge is -2.20. The van der Waals surface area contributed by atoms with Crippen molar-refractivity contribution in [3.05, 3.63) is 59.7 Å². The Balaban J connectivity index is 1.61. The fraction of sp³-hybridized carbons (Fsp3) is 0.417. The number of carbonyl (C=O) groups is 2. The Hall–Kier alpha value is -2.82. The highest BCUT2D eigenvalue weighted by Gasteiger charge is 2.29. The summed E-state index contributed by atoms with van der Waals surface area (Å²) in [6.45, 7) is 6.51. The van der Waals surface area contributed by atoms with Crippen molar-refractivity contribution in [1.82, 2.24) is 5.32 Å². The molecule has 5 heteroatoms. The number of amides is 1. The molecule has 154 valence electrons. The molecule has 1 amide bonds. The molecule has 2 N–H and O–H groups in total. The number of carboxylic acids is 1. The topological polar surface area (TPSA) is 75.6 Å². The summed E-state index contributed by atoms with van der Waals surface area (Å²) < 4.78 is 5.45. The molecule has 0 aliphatic heterocycles. The number of ether oxygens (including phenoxy) is 1. The number of benzene rings is 2.